The van der Waals surface area contributed by atoms with Gasteiger partial charge in [0, 0.05) is 5.02 Å². The second-order valence-electron chi connectivity index (χ2n) is 4.29. The minimum Gasteiger partial charge on any atom is -0.493 e. The predicted molar refractivity (Wildman–Crippen MR) is 75.9 cm³/mol. The topological polar surface area (TPSA) is 58.6 Å². The molecular weight excluding hydrogens is 266 g/mol. The third-order valence-electron chi connectivity index (χ3n) is 2.65. The average molecular weight is 286 g/mol. The quantitative estimate of drug-likeness (QED) is 0.685. The highest BCUT2D eigenvalue weighted by Crippen LogP contribution is 2.16. The lowest BCUT2D eigenvalue weighted by Crippen LogP contribution is -2.37. The summed E-state index contributed by atoms with van der Waals surface area (Å²) in [6.45, 7) is 3.13. The number of hydrogen-bond acceptors (Lipinski definition) is 3. The standard InChI is InChI=1S/C14H20ClNO3/c1-2-5-13(14(17)18)16-8-4-9-19-12-7-3-6-11(15)10-12/h3,6-7,10,13,16H,2,4-5,8-9H2,1H3,(H,17,18). The molecule has 0 fully saturated rings. The van der Waals surface area contributed by atoms with Gasteiger partial charge in [-0.05, 0) is 37.6 Å². The number of halogens is 1. The van der Waals surface area contributed by atoms with Crippen LogP contribution in [0.25, 0.3) is 0 Å². The summed E-state index contributed by atoms with van der Waals surface area (Å²) in [7, 11) is 0. The molecular formula is C14H20ClNO3. The van der Waals surface area contributed by atoms with E-state index < -0.39 is 12.0 Å². The predicted octanol–water partition coefficient (Wildman–Crippen LogP) is 2.95. The highest BCUT2D eigenvalue weighted by Gasteiger charge is 2.14. The van der Waals surface area contributed by atoms with Crippen molar-refractivity contribution in [1.29, 1.82) is 0 Å². The van der Waals surface area contributed by atoms with Crippen molar-refractivity contribution in [2.75, 3.05) is 13.2 Å². The first-order valence-electron chi connectivity index (χ1n) is 6.48. The van der Waals surface area contributed by atoms with E-state index in [0.717, 1.165) is 18.6 Å². The van der Waals surface area contributed by atoms with Crippen molar-refractivity contribution in [2.45, 2.75) is 32.2 Å². The Bertz CT molecular complexity index is 398. The Morgan fingerprint density at radius 2 is 2.32 bits per heavy atom. The Hall–Kier alpha value is -1.26. The number of carboxylic acids is 1. The van der Waals surface area contributed by atoms with Crippen LogP contribution in [-0.4, -0.2) is 30.3 Å². The Labute approximate surface area is 118 Å². The van der Waals surface area contributed by atoms with Crippen LogP contribution in [0.4, 0.5) is 0 Å². The molecule has 1 aromatic rings. The molecule has 4 nitrogen and oxygen atoms in total. The first-order valence-corrected chi connectivity index (χ1v) is 6.86. The molecule has 2 N–H and O–H groups in total. The van der Waals surface area contributed by atoms with Crippen LogP contribution in [0.2, 0.25) is 5.02 Å². The summed E-state index contributed by atoms with van der Waals surface area (Å²) >= 11 is 5.84. The number of aliphatic carboxylic acids is 1. The lowest BCUT2D eigenvalue weighted by molar-refractivity contribution is -0.139. The van der Waals surface area contributed by atoms with Crippen LogP contribution < -0.4 is 10.1 Å². The summed E-state index contributed by atoms with van der Waals surface area (Å²) in [5, 5.41) is 12.6. The van der Waals surface area contributed by atoms with Gasteiger partial charge in [0.15, 0.2) is 0 Å². The van der Waals surface area contributed by atoms with Crippen molar-refractivity contribution in [3.63, 3.8) is 0 Å². The van der Waals surface area contributed by atoms with Gasteiger partial charge in [-0.15, -0.1) is 0 Å². The molecule has 0 spiro atoms. The smallest absolute Gasteiger partial charge is 0.320 e. The van der Waals surface area contributed by atoms with Crippen molar-refractivity contribution in [1.82, 2.24) is 5.32 Å². The summed E-state index contributed by atoms with van der Waals surface area (Å²) in [6.07, 6.45) is 2.24. The van der Waals surface area contributed by atoms with Gasteiger partial charge in [0.25, 0.3) is 0 Å². The van der Waals surface area contributed by atoms with Crippen molar-refractivity contribution >= 4 is 17.6 Å². The van der Waals surface area contributed by atoms with Crippen LogP contribution in [0.3, 0.4) is 0 Å². The molecule has 0 heterocycles. The number of ether oxygens (including phenoxy) is 1. The molecule has 1 rings (SSSR count). The first-order chi connectivity index (χ1) is 9.13. The molecule has 1 unspecified atom stereocenters. The van der Waals surface area contributed by atoms with E-state index >= 15 is 0 Å². The Kier molecular flexibility index (Phi) is 7.30. The third-order valence-corrected chi connectivity index (χ3v) is 2.89. The Morgan fingerprint density at radius 3 is 2.95 bits per heavy atom. The van der Waals surface area contributed by atoms with Gasteiger partial charge in [-0.25, -0.2) is 0 Å². The molecule has 19 heavy (non-hydrogen) atoms. The fraction of sp³-hybridized carbons (Fsp3) is 0.500. The zero-order valence-electron chi connectivity index (χ0n) is 11.1. The fourth-order valence-corrected chi connectivity index (χ4v) is 1.88. The van der Waals surface area contributed by atoms with Gasteiger partial charge in [-0.2, -0.15) is 0 Å². The van der Waals surface area contributed by atoms with E-state index in [1.54, 1.807) is 12.1 Å². The van der Waals surface area contributed by atoms with Gasteiger partial charge in [0.1, 0.15) is 11.8 Å². The minimum atomic E-state index is -0.794. The van der Waals surface area contributed by atoms with E-state index in [9.17, 15) is 4.79 Å². The van der Waals surface area contributed by atoms with E-state index in [0.29, 0.717) is 24.6 Å². The maximum Gasteiger partial charge on any atom is 0.320 e. The molecule has 0 radical (unpaired) electrons. The van der Waals surface area contributed by atoms with E-state index in [-0.39, 0.29) is 0 Å². The van der Waals surface area contributed by atoms with Crippen molar-refractivity contribution in [3.8, 4) is 5.75 Å². The Balaban J connectivity index is 2.18. The van der Waals surface area contributed by atoms with E-state index in [1.165, 1.54) is 0 Å². The van der Waals surface area contributed by atoms with Crippen LogP contribution in [0.5, 0.6) is 5.75 Å². The van der Waals surface area contributed by atoms with Gasteiger partial charge in [0.05, 0.1) is 6.61 Å². The number of rotatable bonds is 9. The van der Waals surface area contributed by atoms with Crippen LogP contribution in [0.1, 0.15) is 26.2 Å². The van der Waals surface area contributed by atoms with Crippen molar-refractivity contribution < 1.29 is 14.6 Å². The van der Waals surface area contributed by atoms with Crippen molar-refractivity contribution in [3.05, 3.63) is 29.3 Å². The van der Waals surface area contributed by atoms with Crippen LogP contribution >= 0.6 is 11.6 Å². The molecule has 0 aliphatic carbocycles. The summed E-state index contributed by atoms with van der Waals surface area (Å²) < 4.78 is 5.52. The van der Waals surface area contributed by atoms with Crippen LogP contribution in [-0.2, 0) is 4.79 Å². The van der Waals surface area contributed by atoms with Gasteiger partial charge >= 0.3 is 5.97 Å². The lowest BCUT2D eigenvalue weighted by Gasteiger charge is -2.13. The maximum atomic E-state index is 10.9. The second kappa shape index (κ2) is 8.77. The monoisotopic (exact) mass is 285 g/mol. The summed E-state index contributed by atoms with van der Waals surface area (Å²) in [5.41, 5.74) is 0. The zero-order chi connectivity index (χ0) is 14.1. The average Bonchev–Trinajstić information content (AvgIpc) is 2.37. The molecule has 5 heteroatoms. The van der Waals surface area contributed by atoms with Gasteiger partial charge < -0.3 is 15.2 Å². The van der Waals surface area contributed by atoms with E-state index in [1.807, 2.05) is 19.1 Å². The van der Waals surface area contributed by atoms with Gasteiger partial charge in [0.2, 0.25) is 0 Å². The SMILES string of the molecule is CCCC(NCCCOc1cccc(Cl)c1)C(=O)O. The number of carbonyl (C=O) groups is 1. The molecule has 0 bridgehead atoms. The van der Waals surface area contributed by atoms with Gasteiger partial charge in [-0.1, -0.05) is 31.0 Å². The van der Waals surface area contributed by atoms with E-state index in [4.69, 9.17) is 21.4 Å². The molecule has 1 atom stereocenters. The number of carboxylic acid groups (broad SMARTS) is 1. The highest BCUT2D eigenvalue weighted by atomic mass is 35.5. The normalized spacial score (nSPS) is 12.1. The lowest BCUT2D eigenvalue weighted by atomic mass is 10.1. The summed E-state index contributed by atoms with van der Waals surface area (Å²) in [6, 6.07) is 6.76. The third kappa shape index (κ3) is 6.45. The molecule has 0 aliphatic rings. The van der Waals surface area contributed by atoms with E-state index in [2.05, 4.69) is 5.32 Å². The fourth-order valence-electron chi connectivity index (χ4n) is 1.70. The molecule has 1 aromatic carbocycles. The number of nitrogens with one attached hydrogen (secondary N) is 1. The minimum absolute atomic E-state index is 0.462. The number of benzene rings is 1. The molecule has 0 amide bonds. The summed E-state index contributed by atoms with van der Waals surface area (Å²) in [5.74, 6) is -0.0616. The van der Waals surface area contributed by atoms with Crippen molar-refractivity contribution in [2.24, 2.45) is 0 Å². The number of hydrogen-bond donors (Lipinski definition) is 2. The molecule has 106 valence electrons. The molecule has 0 saturated carbocycles. The molecule has 0 aromatic heterocycles. The first kappa shape index (κ1) is 15.8. The van der Waals surface area contributed by atoms with Crippen LogP contribution in [0, 0.1) is 0 Å². The van der Waals surface area contributed by atoms with Gasteiger partial charge in [-0.3, -0.25) is 4.79 Å². The van der Waals surface area contributed by atoms with Crippen LogP contribution in [0.15, 0.2) is 24.3 Å². The molecule has 0 aliphatic heterocycles. The second-order valence-corrected chi connectivity index (χ2v) is 4.73. The highest BCUT2D eigenvalue weighted by molar-refractivity contribution is 6.30. The molecule has 0 saturated heterocycles. The zero-order valence-corrected chi connectivity index (χ0v) is 11.8. The Morgan fingerprint density at radius 1 is 1.53 bits per heavy atom. The largest absolute Gasteiger partial charge is 0.493 e. The maximum absolute atomic E-state index is 10.9. The summed E-state index contributed by atoms with van der Waals surface area (Å²) in [4.78, 5) is 10.9.